The van der Waals surface area contributed by atoms with Crippen LogP contribution in [0.5, 0.6) is 0 Å². The Balaban J connectivity index is 0.00000484. The summed E-state index contributed by atoms with van der Waals surface area (Å²) in [5.41, 5.74) is 0.0145. The van der Waals surface area contributed by atoms with Crippen LogP contribution in [0.1, 0.15) is 20.8 Å². The van der Waals surface area contributed by atoms with Crippen molar-refractivity contribution < 1.29 is 14.3 Å². The van der Waals surface area contributed by atoms with Crippen molar-refractivity contribution in [3.05, 3.63) is 0 Å². The number of hydrogen-bond acceptors (Lipinski definition) is 4. The highest BCUT2D eigenvalue weighted by Gasteiger charge is 2.28. The van der Waals surface area contributed by atoms with Crippen LogP contribution in [0.4, 0.5) is 4.79 Å². The van der Waals surface area contributed by atoms with E-state index in [1.807, 2.05) is 0 Å². The molecule has 1 saturated heterocycles. The number of halogens is 1. The molecule has 1 heterocycles. The second kappa shape index (κ2) is 9.91. The summed E-state index contributed by atoms with van der Waals surface area (Å²) < 4.78 is 5.47. The van der Waals surface area contributed by atoms with Gasteiger partial charge in [-0.25, -0.2) is 4.79 Å². The molecule has 1 unspecified atom stereocenters. The molecule has 1 atom stereocenters. The molecule has 0 aromatic carbocycles. The van der Waals surface area contributed by atoms with E-state index in [-0.39, 0.29) is 54.0 Å². The van der Waals surface area contributed by atoms with E-state index in [1.165, 1.54) is 4.90 Å². The fraction of sp³-hybridized carbons (Fsp3) is 0.786. The Bertz CT molecular complexity index is 421. The number of rotatable bonds is 6. The number of urea groups is 1. The lowest BCUT2D eigenvalue weighted by Gasteiger charge is -2.30. The monoisotopic (exact) mass is 441 g/mol. The zero-order valence-electron chi connectivity index (χ0n) is 14.4. The standard InChI is InChI=1S/C14H27N5O3.HI/c1-14(2,3)10(22-5)8-17-12(15-4)16-6-7-19-11(20)9-18-13(19)21;/h10H,6-9H2,1-5H3,(H,18,21)(H2,15,16,17);1H. The highest BCUT2D eigenvalue weighted by Crippen LogP contribution is 2.20. The number of carbonyl (C=O) groups excluding carboxylic acids is 2. The number of methoxy groups -OCH3 is 1. The molecule has 23 heavy (non-hydrogen) atoms. The number of carbonyl (C=O) groups is 2. The predicted molar refractivity (Wildman–Crippen MR) is 100 cm³/mol. The normalized spacial score (nSPS) is 16.7. The summed E-state index contributed by atoms with van der Waals surface area (Å²) in [4.78, 5) is 28.1. The zero-order chi connectivity index (χ0) is 16.8. The number of ether oxygens (including phenoxy) is 1. The molecule has 0 aromatic heterocycles. The van der Waals surface area contributed by atoms with Gasteiger partial charge >= 0.3 is 6.03 Å². The molecule has 134 valence electrons. The Kier molecular flexibility index (Phi) is 9.44. The van der Waals surface area contributed by atoms with Crippen LogP contribution in [-0.2, 0) is 9.53 Å². The Labute approximate surface area is 154 Å². The lowest BCUT2D eigenvalue weighted by atomic mass is 9.89. The molecule has 0 spiro atoms. The average Bonchev–Trinajstić information content (AvgIpc) is 2.76. The molecule has 8 nitrogen and oxygen atoms in total. The summed E-state index contributed by atoms with van der Waals surface area (Å²) in [6.07, 6.45) is 0.0389. The summed E-state index contributed by atoms with van der Waals surface area (Å²) in [5.74, 6) is 0.403. The molecule has 0 bridgehead atoms. The molecule has 1 fully saturated rings. The summed E-state index contributed by atoms with van der Waals surface area (Å²) in [6, 6.07) is -0.345. The third-order valence-corrected chi connectivity index (χ3v) is 3.49. The van der Waals surface area contributed by atoms with Crippen molar-refractivity contribution in [3.63, 3.8) is 0 Å². The van der Waals surface area contributed by atoms with E-state index >= 15 is 0 Å². The van der Waals surface area contributed by atoms with Crippen LogP contribution in [0.25, 0.3) is 0 Å². The van der Waals surface area contributed by atoms with Crippen molar-refractivity contribution in [1.82, 2.24) is 20.9 Å². The highest BCUT2D eigenvalue weighted by molar-refractivity contribution is 14.0. The first-order valence-electron chi connectivity index (χ1n) is 7.35. The number of imide groups is 1. The van der Waals surface area contributed by atoms with Gasteiger partial charge in [-0.3, -0.25) is 14.7 Å². The van der Waals surface area contributed by atoms with Crippen LogP contribution in [-0.4, -0.2) is 69.2 Å². The first-order chi connectivity index (χ1) is 10.3. The van der Waals surface area contributed by atoms with E-state index < -0.39 is 0 Å². The molecule has 3 N–H and O–H groups in total. The fourth-order valence-corrected chi connectivity index (χ4v) is 2.12. The van der Waals surface area contributed by atoms with Gasteiger partial charge in [0.15, 0.2) is 5.96 Å². The summed E-state index contributed by atoms with van der Waals surface area (Å²) in [6.45, 7) is 7.75. The van der Waals surface area contributed by atoms with E-state index in [4.69, 9.17) is 4.74 Å². The summed E-state index contributed by atoms with van der Waals surface area (Å²) >= 11 is 0. The maximum atomic E-state index is 11.4. The van der Waals surface area contributed by atoms with Crippen molar-refractivity contribution in [2.24, 2.45) is 10.4 Å². The van der Waals surface area contributed by atoms with Crippen LogP contribution in [0.2, 0.25) is 0 Å². The van der Waals surface area contributed by atoms with E-state index in [0.29, 0.717) is 25.6 Å². The minimum absolute atomic E-state index is 0. The number of aliphatic imine (C=N–C) groups is 1. The largest absolute Gasteiger partial charge is 0.379 e. The van der Waals surface area contributed by atoms with Crippen molar-refractivity contribution in [2.45, 2.75) is 26.9 Å². The van der Waals surface area contributed by atoms with Gasteiger partial charge in [0.2, 0.25) is 5.91 Å². The maximum Gasteiger partial charge on any atom is 0.324 e. The third-order valence-electron chi connectivity index (χ3n) is 3.49. The smallest absolute Gasteiger partial charge is 0.324 e. The molecule has 9 heteroatoms. The summed E-state index contributed by atoms with van der Waals surface area (Å²) in [7, 11) is 3.35. The first-order valence-corrected chi connectivity index (χ1v) is 7.35. The molecule has 0 aliphatic carbocycles. The third kappa shape index (κ3) is 6.90. The first kappa shape index (κ1) is 21.9. The topological polar surface area (TPSA) is 95.1 Å². The SMILES string of the molecule is CN=C(NCCN1C(=O)CNC1=O)NCC(OC)C(C)(C)C.I. The number of guanidine groups is 1. The number of hydrogen-bond donors (Lipinski definition) is 3. The molecule has 0 radical (unpaired) electrons. The molecular weight excluding hydrogens is 413 g/mol. The zero-order valence-corrected chi connectivity index (χ0v) is 16.8. The minimum Gasteiger partial charge on any atom is -0.379 e. The van der Waals surface area contributed by atoms with Crippen LogP contribution < -0.4 is 16.0 Å². The van der Waals surface area contributed by atoms with Gasteiger partial charge in [-0.05, 0) is 5.41 Å². The van der Waals surface area contributed by atoms with Gasteiger partial charge in [0.1, 0.15) is 0 Å². The Hall–Kier alpha value is -1.10. The number of nitrogens with one attached hydrogen (secondary N) is 3. The van der Waals surface area contributed by atoms with Gasteiger partial charge in [0.05, 0.1) is 12.6 Å². The Morgan fingerprint density at radius 2 is 2.04 bits per heavy atom. The predicted octanol–water partition coefficient (Wildman–Crippen LogP) is 0.382. The number of amides is 3. The number of nitrogens with zero attached hydrogens (tertiary/aromatic N) is 2. The van der Waals surface area contributed by atoms with Crippen molar-refractivity contribution in [1.29, 1.82) is 0 Å². The van der Waals surface area contributed by atoms with Gasteiger partial charge in [0, 0.05) is 33.8 Å². The molecule has 0 saturated carbocycles. The fourth-order valence-electron chi connectivity index (χ4n) is 2.12. The second-order valence-electron chi connectivity index (χ2n) is 6.17. The van der Waals surface area contributed by atoms with Gasteiger partial charge in [-0.2, -0.15) is 0 Å². The van der Waals surface area contributed by atoms with E-state index in [9.17, 15) is 9.59 Å². The lowest BCUT2D eigenvalue weighted by Crippen LogP contribution is -2.47. The van der Waals surface area contributed by atoms with Crippen molar-refractivity contribution in [2.75, 3.05) is 40.3 Å². The Morgan fingerprint density at radius 3 is 2.48 bits per heavy atom. The van der Waals surface area contributed by atoms with Gasteiger partial charge in [-0.1, -0.05) is 20.8 Å². The van der Waals surface area contributed by atoms with Gasteiger partial charge in [-0.15, -0.1) is 24.0 Å². The minimum atomic E-state index is -0.345. The van der Waals surface area contributed by atoms with Gasteiger partial charge in [0.25, 0.3) is 0 Å². The van der Waals surface area contributed by atoms with E-state index in [0.717, 1.165) is 0 Å². The van der Waals surface area contributed by atoms with Gasteiger partial charge < -0.3 is 20.7 Å². The van der Waals surface area contributed by atoms with Crippen LogP contribution in [0, 0.1) is 5.41 Å². The molecular formula is C14H28IN5O3. The maximum absolute atomic E-state index is 11.4. The van der Waals surface area contributed by atoms with Crippen LogP contribution >= 0.6 is 24.0 Å². The highest BCUT2D eigenvalue weighted by atomic mass is 127. The summed E-state index contributed by atoms with van der Waals surface area (Å²) in [5, 5.41) is 8.75. The quantitative estimate of drug-likeness (QED) is 0.240. The molecule has 1 aliphatic rings. The molecule has 1 rings (SSSR count). The van der Waals surface area contributed by atoms with Crippen LogP contribution in [0.15, 0.2) is 4.99 Å². The molecule has 0 aromatic rings. The Morgan fingerprint density at radius 1 is 1.39 bits per heavy atom. The second-order valence-corrected chi connectivity index (χ2v) is 6.17. The average molecular weight is 441 g/mol. The van der Waals surface area contributed by atoms with E-state index in [2.05, 4.69) is 41.7 Å². The lowest BCUT2D eigenvalue weighted by molar-refractivity contribution is -0.124. The van der Waals surface area contributed by atoms with Crippen LogP contribution in [0.3, 0.4) is 0 Å². The van der Waals surface area contributed by atoms with E-state index in [1.54, 1.807) is 14.2 Å². The molecule has 1 aliphatic heterocycles. The molecule has 3 amide bonds. The van der Waals surface area contributed by atoms with Crippen molar-refractivity contribution >= 4 is 41.9 Å². The van der Waals surface area contributed by atoms with Crippen molar-refractivity contribution in [3.8, 4) is 0 Å².